The molecule has 0 aromatic carbocycles. The Bertz CT molecular complexity index is 399. The molecule has 7 nitrogen and oxygen atoms in total. The number of ether oxygens (including phenoxy) is 1. The Morgan fingerprint density at radius 2 is 2.21 bits per heavy atom. The Balaban J connectivity index is 1.72. The van der Waals surface area contributed by atoms with Crippen LogP contribution in [0.4, 0.5) is 11.8 Å². The van der Waals surface area contributed by atoms with Crippen LogP contribution >= 0.6 is 15.9 Å². The van der Waals surface area contributed by atoms with Crippen molar-refractivity contribution in [1.29, 1.82) is 0 Å². The molecule has 1 fully saturated rings. The monoisotopic (exact) mass is 330 g/mol. The molecule has 0 amide bonds. The average molecular weight is 331 g/mol. The Hall–Kier alpha value is -0.960. The lowest BCUT2D eigenvalue weighted by Crippen LogP contribution is -2.37. The molecular weight excluding hydrogens is 312 g/mol. The van der Waals surface area contributed by atoms with Crippen molar-refractivity contribution in [3.05, 3.63) is 10.7 Å². The SMILES string of the molecule is NNc1ncc(Br)c(NCCCN2CCOCC2)n1. The molecule has 1 aliphatic rings. The molecule has 0 atom stereocenters. The van der Waals surface area contributed by atoms with Crippen LogP contribution in [0.5, 0.6) is 0 Å². The molecule has 1 aromatic heterocycles. The summed E-state index contributed by atoms with van der Waals surface area (Å²) in [5.41, 5.74) is 2.43. The predicted octanol–water partition coefficient (Wildman–Crippen LogP) is 0.659. The maximum absolute atomic E-state index is 5.32. The van der Waals surface area contributed by atoms with Gasteiger partial charge in [-0.3, -0.25) is 10.3 Å². The smallest absolute Gasteiger partial charge is 0.239 e. The van der Waals surface area contributed by atoms with E-state index in [0.29, 0.717) is 5.95 Å². The van der Waals surface area contributed by atoms with Gasteiger partial charge in [0.1, 0.15) is 5.82 Å². The normalized spacial score (nSPS) is 16.3. The molecule has 4 N–H and O–H groups in total. The third kappa shape index (κ3) is 4.57. The molecule has 0 radical (unpaired) electrons. The van der Waals surface area contributed by atoms with Gasteiger partial charge in [-0.05, 0) is 28.9 Å². The van der Waals surface area contributed by atoms with Crippen LogP contribution in [0.2, 0.25) is 0 Å². The molecule has 0 unspecified atom stereocenters. The molecule has 1 aromatic rings. The lowest BCUT2D eigenvalue weighted by Gasteiger charge is -2.26. The van der Waals surface area contributed by atoms with Crippen molar-refractivity contribution in [2.75, 3.05) is 50.1 Å². The highest BCUT2D eigenvalue weighted by Gasteiger charge is 2.09. The van der Waals surface area contributed by atoms with Gasteiger partial charge in [0.05, 0.1) is 17.7 Å². The Kier molecular flexibility index (Phi) is 5.77. The van der Waals surface area contributed by atoms with E-state index >= 15 is 0 Å². The predicted molar refractivity (Wildman–Crippen MR) is 77.9 cm³/mol. The van der Waals surface area contributed by atoms with Crippen molar-refractivity contribution >= 4 is 27.7 Å². The Morgan fingerprint density at radius 1 is 1.42 bits per heavy atom. The summed E-state index contributed by atoms with van der Waals surface area (Å²) in [7, 11) is 0. The largest absolute Gasteiger partial charge is 0.379 e. The highest BCUT2D eigenvalue weighted by atomic mass is 79.9. The number of anilines is 2. The molecule has 2 heterocycles. The number of nitrogens with one attached hydrogen (secondary N) is 2. The number of halogens is 1. The number of nitrogens with zero attached hydrogens (tertiary/aromatic N) is 3. The third-order valence-corrected chi connectivity index (χ3v) is 3.50. The van der Waals surface area contributed by atoms with E-state index in [1.807, 2.05) is 0 Å². The molecule has 0 saturated carbocycles. The number of nitrogen functional groups attached to an aromatic ring is 1. The summed E-state index contributed by atoms with van der Waals surface area (Å²) in [5, 5.41) is 3.28. The van der Waals surface area contributed by atoms with Crippen molar-refractivity contribution in [3.63, 3.8) is 0 Å². The van der Waals surface area contributed by atoms with E-state index < -0.39 is 0 Å². The summed E-state index contributed by atoms with van der Waals surface area (Å²) in [6.45, 7) is 5.67. The number of rotatable bonds is 6. The summed E-state index contributed by atoms with van der Waals surface area (Å²) >= 11 is 3.41. The van der Waals surface area contributed by atoms with Gasteiger partial charge in [-0.25, -0.2) is 10.8 Å². The second-order valence-corrected chi connectivity index (χ2v) is 5.12. The van der Waals surface area contributed by atoms with Crippen molar-refractivity contribution in [2.45, 2.75) is 6.42 Å². The van der Waals surface area contributed by atoms with Gasteiger partial charge in [0.2, 0.25) is 5.95 Å². The van der Waals surface area contributed by atoms with Crippen LogP contribution < -0.4 is 16.6 Å². The lowest BCUT2D eigenvalue weighted by molar-refractivity contribution is 0.0378. The average Bonchev–Trinajstić information content (AvgIpc) is 2.46. The van der Waals surface area contributed by atoms with Crippen molar-refractivity contribution in [1.82, 2.24) is 14.9 Å². The van der Waals surface area contributed by atoms with Crippen LogP contribution in [0, 0.1) is 0 Å². The summed E-state index contributed by atoms with van der Waals surface area (Å²) in [4.78, 5) is 10.6. The van der Waals surface area contributed by atoms with Crippen molar-refractivity contribution < 1.29 is 4.74 Å². The van der Waals surface area contributed by atoms with Crippen LogP contribution in [-0.2, 0) is 4.74 Å². The first kappa shape index (κ1) is 14.4. The zero-order valence-electron chi connectivity index (χ0n) is 10.7. The van der Waals surface area contributed by atoms with Crippen LogP contribution in [0.3, 0.4) is 0 Å². The molecule has 0 aliphatic carbocycles. The van der Waals surface area contributed by atoms with E-state index in [1.54, 1.807) is 6.20 Å². The first-order valence-electron chi connectivity index (χ1n) is 6.32. The molecule has 2 rings (SSSR count). The maximum Gasteiger partial charge on any atom is 0.239 e. The minimum atomic E-state index is 0.402. The number of hydrogen-bond donors (Lipinski definition) is 3. The molecule has 0 bridgehead atoms. The van der Waals surface area contributed by atoms with E-state index in [9.17, 15) is 0 Å². The number of morpholine rings is 1. The quantitative estimate of drug-likeness (QED) is 0.401. The molecule has 106 valence electrons. The molecule has 8 heteroatoms. The zero-order valence-corrected chi connectivity index (χ0v) is 12.3. The zero-order chi connectivity index (χ0) is 13.5. The van der Waals surface area contributed by atoms with Gasteiger partial charge in [0.25, 0.3) is 0 Å². The summed E-state index contributed by atoms with van der Waals surface area (Å²) in [6, 6.07) is 0. The van der Waals surface area contributed by atoms with E-state index in [1.165, 1.54) is 0 Å². The van der Waals surface area contributed by atoms with E-state index in [0.717, 1.165) is 56.1 Å². The van der Waals surface area contributed by atoms with E-state index in [4.69, 9.17) is 10.6 Å². The molecule has 1 saturated heterocycles. The summed E-state index contributed by atoms with van der Waals surface area (Å²) in [6.07, 6.45) is 2.73. The topological polar surface area (TPSA) is 88.3 Å². The minimum Gasteiger partial charge on any atom is -0.379 e. The molecule has 19 heavy (non-hydrogen) atoms. The van der Waals surface area contributed by atoms with Gasteiger partial charge in [-0.2, -0.15) is 4.98 Å². The number of hydrazine groups is 1. The van der Waals surface area contributed by atoms with Crippen LogP contribution in [-0.4, -0.2) is 54.3 Å². The fourth-order valence-electron chi connectivity index (χ4n) is 1.89. The summed E-state index contributed by atoms with van der Waals surface area (Å²) < 4.78 is 6.15. The van der Waals surface area contributed by atoms with Gasteiger partial charge in [0, 0.05) is 25.8 Å². The van der Waals surface area contributed by atoms with Gasteiger partial charge in [-0.15, -0.1) is 0 Å². The number of hydrogen-bond acceptors (Lipinski definition) is 7. The minimum absolute atomic E-state index is 0.402. The number of nitrogens with two attached hydrogens (primary N) is 1. The van der Waals surface area contributed by atoms with Crippen molar-refractivity contribution in [3.8, 4) is 0 Å². The Labute approximate surface area is 121 Å². The lowest BCUT2D eigenvalue weighted by atomic mass is 10.3. The molecule has 0 spiro atoms. The second kappa shape index (κ2) is 7.59. The van der Waals surface area contributed by atoms with E-state index in [-0.39, 0.29) is 0 Å². The first-order valence-corrected chi connectivity index (χ1v) is 7.12. The van der Waals surface area contributed by atoms with Gasteiger partial charge in [0.15, 0.2) is 0 Å². The van der Waals surface area contributed by atoms with Crippen LogP contribution in [0.1, 0.15) is 6.42 Å². The number of aromatic nitrogens is 2. The highest BCUT2D eigenvalue weighted by molar-refractivity contribution is 9.10. The highest BCUT2D eigenvalue weighted by Crippen LogP contribution is 2.19. The standard InChI is InChI=1S/C11H19BrN6O/c12-9-8-15-11(17-13)16-10(9)14-2-1-3-18-4-6-19-7-5-18/h8H,1-7,13H2,(H2,14,15,16,17). The van der Waals surface area contributed by atoms with E-state index in [2.05, 4.69) is 41.5 Å². The van der Waals surface area contributed by atoms with Crippen molar-refractivity contribution in [2.24, 2.45) is 5.84 Å². The molecular formula is C11H19BrN6O. The maximum atomic E-state index is 5.32. The van der Waals surface area contributed by atoms with Gasteiger partial charge < -0.3 is 10.1 Å². The first-order chi connectivity index (χ1) is 9.29. The molecule has 1 aliphatic heterocycles. The fourth-order valence-corrected chi connectivity index (χ4v) is 2.23. The second-order valence-electron chi connectivity index (χ2n) is 4.27. The van der Waals surface area contributed by atoms with Gasteiger partial charge >= 0.3 is 0 Å². The fraction of sp³-hybridized carbons (Fsp3) is 0.636. The summed E-state index contributed by atoms with van der Waals surface area (Å²) in [5.74, 6) is 6.44. The van der Waals surface area contributed by atoms with Gasteiger partial charge in [-0.1, -0.05) is 0 Å². The van der Waals surface area contributed by atoms with Crippen LogP contribution in [0.25, 0.3) is 0 Å². The third-order valence-electron chi connectivity index (χ3n) is 2.92. The Morgan fingerprint density at radius 3 is 2.95 bits per heavy atom. The van der Waals surface area contributed by atoms with Crippen LogP contribution in [0.15, 0.2) is 10.7 Å².